The molecular weight excluding hydrogens is 197 g/mol. The van der Waals surface area contributed by atoms with E-state index in [9.17, 15) is 14.0 Å². The zero-order chi connectivity index (χ0) is 10.8. The number of hydrogen-bond acceptors (Lipinski definition) is 2. The average Bonchev–Trinajstić information content (AvgIpc) is 2.24. The maximum atomic E-state index is 12.7. The maximum Gasteiger partial charge on any atom is 0.294 e. The maximum absolute atomic E-state index is 12.7. The summed E-state index contributed by atoms with van der Waals surface area (Å²) < 4.78 is 12.7. The molecule has 0 unspecified atom stereocenters. The van der Waals surface area contributed by atoms with E-state index in [-0.39, 0.29) is 11.6 Å². The molecule has 0 N–H and O–H groups in total. The molecule has 3 nitrogen and oxygen atoms in total. The van der Waals surface area contributed by atoms with Gasteiger partial charge in [0.05, 0.1) is 0 Å². The van der Waals surface area contributed by atoms with Crippen LogP contribution in [0.25, 0.3) is 0 Å². The fourth-order valence-electron chi connectivity index (χ4n) is 1.62. The van der Waals surface area contributed by atoms with Gasteiger partial charge in [0.25, 0.3) is 5.91 Å². The first-order valence-electron chi connectivity index (χ1n) is 4.79. The Labute approximate surface area is 86.5 Å². The molecule has 0 atom stereocenters. The summed E-state index contributed by atoms with van der Waals surface area (Å²) in [5, 5.41) is 0. The summed E-state index contributed by atoms with van der Waals surface area (Å²) in [5.74, 6) is -1.21. The van der Waals surface area contributed by atoms with Crippen LogP contribution in [0, 0.1) is 5.82 Å². The second-order valence-electron chi connectivity index (χ2n) is 3.46. The number of halogens is 1. The van der Waals surface area contributed by atoms with Crippen molar-refractivity contribution in [1.29, 1.82) is 0 Å². The second-order valence-corrected chi connectivity index (χ2v) is 3.46. The molecule has 1 aromatic rings. The summed E-state index contributed by atoms with van der Waals surface area (Å²) in [6.07, 6.45) is 0.985. The number of nitrogens with zero attached hydrogens (tertiary/aromatic N) is 1. The summed E-state index contributed by atoms with van der Waals surface area (Å²) in [4.78, 5) is 24.1. The molecule has 1 fully saturated rings. The Balaban J connectivity index is 2.26. The van der Waals surface area contributed by atoms with E-state index in [1.807, 2.05) is 0 Å². The summed E-state index contributed by atoms with van der Waals surface area (Å²) in [7, 11) is 0. The minimum absolute atomic E-state index is 0.316. The van der Waals surface area contributed by atoms with E-state index in [1.165, 1.54) is 29.2 Å². The third-order valence-electron chi connectivity index (χ3n) is 2.41. The number of carbonyl (C=O) groups excluding carboxylic acids is 2. The second kappa shape index (κ2) is 3.81. The number of amides is 1. The number of Topliss-reactive ketones (excluding diaryl/α,β-unsaturated/α-hetero) is 1. The number of anilines is 1. The molecule has 0 spiro atoms. The average molecular weight is 207 g/mol. The van der Waals surface area contributed by atoms with Crippen LogP contribution in [0.15, 0.2) is 24.3 Å². The highest BCUT2D eigenvalue weighted by molar-refractivity contribution is 6.41. The highest BCUT2D eigenvalue weighted by atomic mass is 19.1. The Morgan fingerprint density at radius 3 is 2.47 bits per heavy atom. The fourth-order valence-corrected chi connectivity index (χ4v) is 1.62. The molecule has 0 saturated carbocycles. The van der Waals surface area contributed by atoms with Crippen molar-refractivity contribution < 1.29 is 14.0 Å². The number of rotatable bonds is 1. The molecule has 1 aromatic carbocycles. The van der Waals surface area contributed by atoms with Crippen molar-refractivity contribution in [3.63, 3.8) is 0 Å². The first-order chi connectivity index (χ1) is 7.18. The molecule has 0 bridgehead atoms. The van der Waals surface area contributed by atoms with E-state index >= 15 is 0 Å². The monoisotopic (exact) mass is 207 g/mol. The van der Waals surface area contributed by atoms with Gasteiger partial charge in [0.15, 0.2) is 0 Å². The molecule has 0 aromatic heterocycles. The van der Waals surface area contributed by atoms with Crippen LogP contribution in [0.1, 0.15) is 12.8 Å². The zero-order valence-corrected chi connectivity index (χ0v) is 8.07. The predicted octanol–water partition coefficient (Wildman–Crippen LogP) is 1.52. The molecule has 1 saturated heterocycles. The van der Waals surface area contributed by atoms with Crippen molar-refractivity contribution in [3.05, 3.63) is 30.1 Å². The van der Waals surface area contributed by atoms with Crippen molar-refractivity contribution >= 4 is 17.4 Å². The van der Waals surface area contributed by atoms with Crippen molar-refractivity contribution in [2.24, 2.45) is 0 Å². The predicted molar refractivity (Wildman–Crippen MR) is 53.0 cm³/mol. The topological polar surface area (TPSA) is 37.4 Å². The lowest BCUT2D eigenvalue weighted by Crippen LogP contribution is -2.41. The van der Waals surface area contributed by atoms with Crippen LogP contribution in [0.5, 0.6) is 0 Å². The first kappa shape index (κ1) is 9.83. The lowest BCUT2D eigenvalue weighted by Gasteiger charge is -2.25. The van der Waals surface area contributed by atoms with Crippen molar-refractivity contribution in [2.75, 3.05) is 11.4 Å². The highest BCUT2D eigenvalue weighted by Crippen LogP contribution is 2.19. The van der Waals surface area contributed by atoms with Gasteiger partial charge in [0, 0.05) is 18.7 Å². The van der Waals surface area contributed by atoms with Crippen molar-refractivity contribution in [3.8, 4) is 0 Å². The van der Waals surface area contributed by atoms with E-state index in [0.717, 1.165) is 0 Å². The third-order valence-corrected chi connectivity index (χ3v) is 2.41. The minimum atomic E-state index is -0.493. The van der Waals surface area contributed by atoms with Gasteiger partial charge in [-0.25, -0.2) is 4.39 Å². The Hall–Kier alpha value is -1.71. The van der Waals surface area contributed by atoms with Gasteiger partial charge in [-0.15, -0.1) is 0 Å². The van der Waals surface area contributed by atoms with Gasteiger partial charge in [-0.2, -0.15) is 0 Å². The van der Waals surface area contributed by atoms with Gasteiger partial charge in [-0.3, -0.25) is 9.59 Å². The van der Waals surface area contributed by atoms with Crippen LogP contribution >= 0.6 is 0 Å². The van der Waals surface area contributed by atoms with Gasteiger partial charge < -0.3 is 4.90 Å². The molecule has 0 aliphatic carbocycles. The Morgan fingerprint density at radius 2 is 1.80 bits per heavy atom. The number of piperidine rings is 1. The van der Waals surface area contributed by atoms with Crippen molar-refractivity contribution in [1.82, 2.24) is 0 Å². The van der Waals surface area contributed by atoms with E-state index in [1.54, 1.807) is 0 Å². The lowest BCUT2D eigenvalue weighted by molar-refractivity contribution is -0.137. The van der Waals surface area contributed by atoms with Crippen LogP contribution in [0.4, 0.5) is 10.1 Å². The van der Waals surface area contributed by atoms with E-state index in [0.29, 0.717) is 25.1 Å². The Morgan fingerprint density at radius 1 is 1.13 bits per heavy atom. The number of benzene rings is 1. The van der Waals surface area contributed by atoms with Crippen LogP contribution in [-0.4, -0.2) is 18.2 Å². The molecule has 4 heteroatoms. The lowest BCUT2D eigenvalue weighted by atomic mass is 10.1. The molecule has 1 aliphatic rings. The summed E-state index contributed by atoms with van der Waals surface area (Å²) in [6.45, 7) is 0.524. The summed E-state index contributed by atoms with van der Waals surface area (Å²) in [6, 6.07) is 5.57. The van der Waals surface area contributed by atoms with Gasteiger partial charge in [0.1, 0.15) is 5.82 Å². The van der Waals surface area contributed by atoms with Crippen molar-refractivity contribution in [2.45, 2.75) is 12.8 Å². The molecule has 78 valence electrons. The number of ketones is 1. The van der Waals surface area contributed by atoms with Gasteiger partial charge in [-0.05, 0) is 30.7 Å². The van der Waals surface area contributed by atoms with Gasteiger partial charge in [-0.1, -0.05) is 0 Å². The van der Waals surface area contributed by atoms with E-state index in [4.69, 9.17) is 0 Å². The van der Waals surface area contributed by atoms with Crippen LogP contribution in [-0.2, 0) is 9.59 Å². The Bertz CT molecular complexity index is 400. The standard InChI is InChI=1S/C11H10FNO2/c12-8-3-5-9(6-4-8)13-7-1-2-10(14)11(13)15/h3-6H,1-2,7H2. The largest absolute Gasteiger partial charge is 0.306 e. The highest BCUT2D eigenvalue weighted by Gasteiger charge is 2.26. The number of carbonyl (C=O) groups is 2. The quantitative estimate of drug-likeness (QED) is 0.655. The molecule has 0 radical (unpaired) electrons. The molecule has 1 heterocycles. The normalized spacial score (nSPS) is 17.0. The molecule has 15 heavy (non-hydrogen) atoms. The first-order valence-corrected chi connectivity index (χ1v) is 4.79. The third kappa shape index (κ3) is 1.88. The molecule has 2 rings (SSSR count). The fraction of sp³-hybridized carbons (Fsp3) is 0.273. The van der Waals surface area contributed by atoms with Gasteiger partial charge >= 0.3 is 0 Å². The van der Waals surface area contributed by atoms with Gasteiger partial charge in [0.2, 0.25) is 5.78 Å². The van der Waals surface area contributed by atoms with Crippen LogP contribution < -0.4 is 4.90 Å². The molecule has 1 amide bonds. The summed E-state index contributed by atoms with van der Waals surface area (Å²) in [5.41, 5.74) is 0.578. The number of hydrogen-bond donors (Lipinski definition) is 0. The van der Waals surface area contributed by atoms with Crippen LogP contribution in [0.2, 0.25) is 0 Å². The van der Waals surface area contributed by atoms with Crippen LogP contribution in [0.3, 0.4) is 0 Å². The van der Waals surface area contributed by atoms with E-state index in [2.05, 4.69) is 0 Å². The molecule has 1 aliphatic heterocycles. The summed E-state index contributed by atoms with van der Waals surface area (Å²) >= 11 is 0. The SMILES string of the molecule is O=C1CCCN(c2ccc(F)cc2)C1=O. The minimum Gasteiger partial charge on any atom is -0.306 e. The zero-order valence-electron chi connectivity index (χ0n) is 8.07. The van der Waals surface area contributed by atoms with E-state index < -0.39 is 5.91 Å². The molecular formula is C11H10FNO2. The Kier molecular flexibility index (Phi) is 2.49. The smallest absolute Gasteiger partial charge is 0.294 e.